The molecule has 114 valence electrons. The monoisotopic (exact) mass is 295 g/mol. The van der Waals surface area contributed by atoms with E-state index in [1.165, 1.54) is 6.07 Å². The number of benzene rings is 1. The molecular formula is C15H18FNO4. The van der Waals surface area contributed by atoms with Gasteiger partial charge >= 0.3 is 0 Å². The summed E-state index contributed by atoms with van der Waals surface area (Å²) in [7, 11) is 0. The van der Waals surface area contributed by atoms with Gasteiger partial charge < -0.3 is 19.9 Å². The number of nitrogens with one attached hydrogen (secondary N) is 1. The number of hydrogen-bond donors (Lipinski definition) is 2. The summed E-state index contributed by atoms with van der Waals surface area (Å²) in [6.07, 6.45) is -1.21. The molecule has 6 heteroatoms. The van der Waals surface area contributed by atoms with Crippen molar-refractivity contribution in [2.45, 2.75) is 37.7 Å². The van der Waals surface area contributed by atoms with Gasteiger partial charge in [-0.05, 0) is 24.1 Å². The van der Waals surface area contributed by atoms with Gasteiger partial charge in [0.25, 0.3) is 0 Å². The van der Waals surface area contributed by atoms with E-state index in [0.29, 0.717) is 17.7 Å². The third-order valence-electron chi connectivity index (χ3n) is 3.97. The van der Waals surface area contributed by atoms with Crippen LogP contribution in [0.25, 0.3) is 0 Å². The maximum absolute atomic E-state index is 13.5. The fourth-order valence-corrected chi connectivity index (χ4v) is 2.79. The highest BCUT2D eigenvalue weighted by atomic mass is 19.1. The summed E-state index contributed by atoms with van der Waals surface area (Å²) in [5.41, 5.74) is 1.18. The van der Waals surface area contributed by atoms with Crippen molar-refractivity contribution in [3.05, 3.63) is 35.1 Å². The maximum Gasteiger partial charge on any atom is 0.224 e. The molecule has 1 aromatic carbocycles. The van der Waals surface area contributed by atoms with Crippen LogP contribution in [0.5, 0.6) is 0 Å². The van der Waals surface area contributed by atoms with E-state index in [-0.39, 0.29) is 43.0 Å². The number of fused-ring (bicyclic) bond motifs is 1. The fraction of sp³-hybridized carbons (Fsp3) is 0.533. The van der Waals surface area contributed by atoms with Gasteiger partial charge in [-0.2, -0.15) is 0 Å². The summed E-state index contributed by atoms with van der Waals surface area (Å²) in [6.45, 7) is 2.23. The number of aliphatic hydroxyl groups is 1. The van der Waals surface area contributed by atoms with Crippen LogP contribution in [0, 0.1) is 12.7 Å². The van der Waals surface area contributed by atoms with Crippen LogP contribution in [0.3, 0.4) is 0 Å². The Kier molecular flexibility index (Phi) is 3.93. The molecule has 5 nitrogen and oxygen atoms in total. The van der Waals surface area contributed by atoms with Crippen molar-refractivity contribution < 1.29 is 23.8 Å². The van der Waals surface area contributed by atoms with E-state index in [4.69, 9.17) is 9.47 Å². The summed E-state index contributed by atoms with van der Waals surface area (Å²) >= 11 is 0. The average Bonchev–Trinajstić information content (AvgIpc) is 2.99. The molecule has 2 aliphatic rings. The van der Waals surface area contributed by atoms with Crippen LogP contribution < -0.4 is 5.32 Å². The Morgan fingerprint density at radius 2 is 2.14 bits per heavy atom. The van der Waals surface area contributed by atoms with Gasteiger partial charge in [0.05, 0.1) is 25.7 Å². The molecule has 0 bridgehead atoms. The zero-order valence-electron chi connectivity index (χ0n) is 11.7. The lowest BCUT2D eigenvalue weighted by Crippen LogP contribution is -2.44. The van der Waals surface area contributed by atoms with Crippen LogP contribution in [-0.2, 0) is 20.7 Å². The number of halogens is 1. The largest absolute Gasteiger partial charge is 0.388 e. The molecule has 1 amide bonds. The first-order valence-corrected chi connectivity index (χ1v) is 7.00. The third kappa shape index (κ3) is 2.92. The summed E-state index contributed by atoms with van der Waals surface area (Å²) in [6, 6.07) is 4.50. The van der Waals surface area contributed by atoms with Crippen molar-refractivity contribution in [3.63, 3.8) is 0 Å². The lowest BCUT2D eigenvalue weighted by molar-refractivity contribution is -0.121. The molecule has 0 saturated carbocycles. The zero-order valence-corrected chi connectivity index (χ0v) is 11.7. The lowest BCUT2D eigenvalue weighted by atomic mass is 10.1. The number of amides is 1. The summed E-state index contributed by atoms with van der Waals surface area (Å²) in [5, 5.41) is 12.5. The highest BCUT2D eigenvalue weighted by Gasteiger charge is 2.47. The molecule has 0 radical (unpaired) electrons. The highest BCUT2D eigenvalue weighted by molar-refractivity contribution is 5.79. The first-order valence-electron chi connectivity index (χ1n) is 7.00. The van der Waals surface area contributed by atoms with Gasteiger partial charge in [-0.1, -0.05) is 12.1 Å². The topological polar surface area (TPSA) is 67.8 Å². The van der Waals surface area contributed by atoms with Gasteiger partial charge in [0.15, 0.2) is 0 Å². The summed E-state index contributed by atoms with van der Waals surface area (Å²) < 4.78 is 24.3. The Balaban J connectivity index is 1.58. The van der Waals surface area contributed by atoms with Crippen LogP contribution in [0.15, 0.2) is 18.2 Å². The Bertz CT molecular complexity index is 550. The van der Waals surface area contributed by atoms with Gasteiger partial charge in [0.2, 0.25) is 5.91 Å². The molecular weight excluding hydrogens is 277 g/mol. The number of hydrogen-bond acceptors (Lipinski definition) is 4. The van der Waals surface area contributed by atoms with Gasteiger partial charge in [-0.15, -0.1) is 0 Å². The van der Waals surface area contributed by atoms with Gasteiger partial charge in [-0.3, -0.25) is 4.79 Å². The van der Waals surface area contributed by atoms with Crippen molar-refractivity contribution in [3.8, 4) is 0 Å². The van der Waals surface area contributed by atoms with Crippen LogP contribution in [0.1, 0.15) is 11.1 Å². The number of rotatable bonds is 3. The average molecular weight is 295 g/mol. The van der Waals surface area contributed by atoms with Gasteiger partial charge in [0, 0.05) is 0 Å². The molecule has 2 N–H and O–H groups in total. The Hall–Kier alpha value is -1.50. The van der Waals surface area contributed by atoms with Crippen molar-refractivity contribution >= 4 is 5.91 Å². The first kappa shape index (κ1) is 14.4. The van der Waals surface area contributed by atoms with E-state index >= 15 is 0 Å². The zero-order chi connectivity index (χ0) is 15.0. The minimum absolute atomic E-state index is 0.105. The van der Waals surface area contributed by atoms with Crippen LogP contribution in [-0.4, -0.2) is 48.6 Å². The second-order valence-corrected chi connectivity index (χ2v) is 5.60. The quantitative estimate of drug-likeness (QED) is 0.843. The van der Waals surface area contributed by atoms with E-state index in [2.05, 4.69) is 5.32 Å². The van der Waals surface area contributed by atoms with E-state index in [1.807, 2.05) is 0 Å². The maximum atomic E-state index is 13.5. The Labute approximate surface area is 122 Å². The number of carbonyl (C=O) groups is 1. The van der Waals surface area contributed by atoms with E-state index in [9.17, 15) is 14.3 Å². The number of ether oxygens (including phenoxy) is 2. The molecule has 0 spiro atoms. The van der Waals surface area contributed by atoms with Crippen molar-refractivity contribution in [1.29, 1.82) is 0 Å². The summed E-state index contributed by atoms with van der Waals surface area (Å²) in [5.74, 6) is -0.524. The predicted octanol–water partition coefficient (Wildman–Crippen LogP) is 0.320. The van der Waals surface area contributed by atoms with Crippen LogP contribution in [0.4, 0.5) is 4.39 Å². The molecule has 0 unspecified atom stereocenters. The van der Waals surface area contributed by atoms with Crippen molar-refractivity contribution in [2.75, 3.05) is 13.2 Å². The smallest absolute Gasteiger partial charge is 0.224 e. The minimum Gasteiger partial charge on any atom is -0.388 e. The van der Waals surface area contributed by atoms with Crippen molar-refractivity contribution in [2.24, 2.45) is 0 Å². The molecule has 0 aliphatic carbocycles. The first-order chi connectivity index (χ1) is 10.0. The molecule has 2 aliphatic heterocycles. The fourth-order valence-electron chi connectivity index (χ4n) is 2.79. The second-order valence-electron chi connectivity index (χ2n) is 5.60. The number of aryl methyl sites for hydroxylation is 1. The van der Waals surface area contributed by atoms with Gasteiger partial charge in [0.1, 0.15) is 24.1 Å². The van der Waals surface area contributed by atoms with E-state index in [1.54, 1.807) is 19.1 Å². The van der Waals surface area contributed by atoms with Crippen LogP contribution >= 0.6 is 0 Å². The predicted molar refractivity (Wildman–Crippen MR) is 72.3 cm³/mol. The van der Waals surface area contributed by atoms with Crippen molar-refractivity contribution in [1.82, 2.24) is 5.32 Å². The Morgan fingerprint density at radius 1 is 1.38 bits per heavy atom. The molecule has 3 rings (SSSR count). The van der Waals surface area contributed by atoms with Gasteiger partial charge in [-0.25, -0.2) is 4.39 Å². The minimum atomic E-state index is -0.636. The SMILES string of the molecule is Cc1ccc(CC(=O)N[C@H]2CO[C@H]3[C@@H]2OC[C@H]3O)cc1F. The molecule has 2 heterocycles. The highest BCUT2D eigenvalue weighted by Crippen LogP contribution is 2.26. The second kappa shape index (κ2) is 5.71. The molecule has 0 aromatic heterocycles. The van der Waals surface area contributed by atoms with E-state index < -0.39 is 6.10 Å². The number of aliphatic hydroxyl groups excluding tert-OH is 1. The standard InChI is InChI=1S/C15H18FNO4/c1-8-2-3-9(4-10(8)16)5-13(19)17-11-6-20-15-12(18)7-21-14(11)15/h2-4,11-12,14-15,18H,5-7H2,1H3,(H,17,19)/t11-,12+,14+,15+/m0/s1. The van der Waals surface area contributed by atoms with E-state index in [0.717, 1.165) is 0 Å². The molecule has 2 fully saturated rings. The normalized spacial score (nSPS) is 31.2. The molecule has 21 heavy (non-hydrogen) atoms. The molecule has 1 aromatic rings. The molecule has 2 saturated heterocycles. The Morgan fingerprint density at radius 3 is 2.90 bits per heavy atom. The summed E-state index contributed by atoms with van der Waals surface area (Å²) in [4.78, 5) is 12.0. The number of carbonyl (C=O) groups excluding carboxylic acids is 1. The lowest BCUT2D eigenvalue weighted by Gasteiger charge is -2.17. The van der Waals surface area contributed by atoms with Crippen LogP contribution in [0.2, 0.25) is 0 Å². The molecule has 4 atom stereocenters. The third-order valence-corrected chi connectivity index (χ3v) is 3.97.